The van der Waals surface area contributed by atoms with Crippen molar-refractivity contribution in [2.45, 2.75) is 48.5 Å². The number of aromatic nitrogens is 3. The number of benzene rings is 2. The van der Waals surface area contributed by atoms with Crippen LogP contribution in [0.2, 0.25) is 0 Å². The second kappa shape index (κ2) is 14.2. The van der Waals surface area contributed by atoms with Crippen LogP contribution in [0, 0.1) is 5.82 Å². The van der Waals surface area contributed by atoms with E-state index >= 15 is 4.39 Å². The third-order valence-electron chi connectivity index (χ3n) is 8.40. The van der Waals surface area contributed by atoms with Gasteiger partial charge in [-0.3, -0.25) is 9.36 Å². The minimum absolute atomic E-state index is 0.224. The number of fused-ring (bicyclic) bond motifs is 1. The second-order valence-electron chi connectivity index (χ2n) is 11.9. The molecule has 2 aliphatic rings. The molecule has 1 unspecified atom stereocenters. The smallest absolute Gasteiger partial charge is 0.260 e. The van der Waals surface area contributed by atoms with Gasteiger partial charge in [-0.25, -0.2) is 9.37 Å². The normalized spacial score (nSPS) is 17.1. The summed E-state index contributed by atoms with van der Waals surface area (Å²) in [6, 6.07) is 14.6. The van der Waals surface area contributed by atoms with Crippen LogP contribution in [0.4, 0.5) is 16.0 Å². The minimum Gasteiger partial charge on any atom is -0.490 e. The van der Waals surface area contributed by atoms with Crippen molar-refractivity contribution in [3.8, 4) is 16.9 Å². The number of nitrogens with zero attached hydrogens (tertiary/aromatic N) is 4. The molecule has 1 atom stereocenters. The van der Waals surface area contributed by atoms with Crippen LogP contribution in [0.25, 0.3) is 22.2 Å². The zero-order valence-corrected chi connectivity index (χ0v) is 26.7. The van der Waals surface area contributed by atoms with Crippen LogP contribution >= 0.6 is 10.5 Å². The van der Waals surface area contributed by atoms with Gasteiger partial charge in [0.05, 0.1) is 5.56 Å². The third-order valence-corrected chi connectivity index (χ3v) is 10.5. The first-order valence-corrected chi connectivity index (χ1v) is 17.0. The van der Waals surface area contributed by atoms with Crippen molar-refractivity contribution < 1.29 is 13.9 Å². The molecule has 2 N–H and O–H groups in total. The molecule has 0 aliphatic carbocycles. The Kier molecular flexibility index (Phi) is 9.89. The average Bonchev–Trinajstić information content (AvgIpc) is 3.05. The fourth-order valence-corrected chi connectivity index (χ4v) is 7.45. The summed E-state index contributed by atoms with van der Waals surface area (Å²) in [5.74, 6) is 5.12. The number of ether oxygens (including phenoxy) is 2. The maximum atomic E-state index is 15.7. The Balaban J connectivity index is 1.28. The molecule has 238 valence electrons. The van der Waals surface area contributed by atoms with Gasteiger partial charge in [0.25, 0.3) is 5.56 Å². The number of pyridine rings is 1. The maximum Gasteiger partial charge on any atom is 0.260 e. The van der Waals surface area contributed by atoms with Crippen LogP contribution in [-0.2, 0) is 11.3 Å². The van der Waals surface area contributed by atoms with E-state index in [4.69, 9.17) is 14.5 Å². The number of hydrogen-bond donors (Lipinski definition) is 2. The van der Waals surface area contributed by atoms with Crippen molar-refractivity contribution in [3.05, 3.63) is 70.9 Å². The summed E-state index contributed by atoms with van der Waals surface area (Å²) in [6.07, 6.45) is 5.74. The molecule has 9 nitrogen and oxygen atoms in total. The Morgan fingerprint density at radius 1 is 1.09 bits per heavy atom. The molecule has 0 amide bonds. The molecular weight excluding hydrogens is 591 g/mol. The van der Waals surface area contributed by atoms with E-state index in [2.05, 4.69) is 21.5 Å². The SMILES string of the molecule is C=S(c1ccc(-c2cc3cnc(Nc4ccc(OC5CCNCC5)cc4)nc3n(CCN(C)C)c2=O)c(F)c1)C1CCOCC1. The number of halogens is 1. The molecule has 0 bridgehead atoms. The van der Waals surface area contributed by atoms with Crippen molar-refractivity contribution in [2.75, 3.05) is 52.3 Å². The summed E-state index contributed by atoms with van der Waals surface area (Å²) in [6.45, 7) is 4.38. The number of anilines is 2. The Morgan fingerprint density at radius 2 is 1.84 bits per heavy atom. The standard InChI is InChI=1S/C34H41FN6O3S/c1-40(2)16-17-41-32-23(22-37-34(39-32)38-24-4-6-25(7-5-24)44-26-10-14-36-15-11-26)20-30(33(41)42)29-9-8-28(21-31(29)35)45(3)27-12-18-43-19-13-27/h4-9,20-22,26-27,36H,3,10-19H2,1-2H3,(H,37,38,39). The molecule has 0 radical (unpaired) electrons. The van der Waals surface area contributed by atoms with E-state index in [1.807, 2.05) is 49.3 Å². The van der Waals surface area contributed by atoms with E-state index in [1.54, 1.807) is 29.0 Å². The lowest BCUT2D eigenvalue weighted by Gasteiger charge is -2.25. The van der Waals surface area contributed by atoms with E-state index in [9.17, 15) is 4.79 Å². The van der Waals surface area contributed by atoms with E-state index < -0.39 is 5.82 Å². The van der Waals surface area contributed by atoms with E-state index in [0.717, 1.165) is 55.1 Å². The highest BCUT2D eigenvalue weighted by atomic mass is 32.2. The lowest BCUT2D eigenvalue weighted by atomic mass is 10.1. The summed E-state index contributed by atoms with van der Waals surface area (Å²) in [5, 5.41) is 7.63. The van der Waals surface area contributed by atoms with Gasteiger partial charge < -0.3 is 25.0 Å². The number of nitrogens with one attached hydrogen (secondary N) is 2. The quantitative estimate of drug-likeness (QED) is 0.229. The fourth-order valence-electron chi connectivity index (χ4n) is 5.80. The number of likely N-dealkylation sites (N-methyl/N-ethyl adjacent to an activating group) is 1. The van der Waals surface area contributed by atoms with Crippen molar-refractivity contribution in [3.63, 3.8) is 0 Å². The van der Waals surface area contributed by atoms with Gasteiger partial charge in [0.1, 0.15) is 23.3 Å². The Hall–Kier alpha value is -3.64. The summed E-state index contributed by atoms with van der Waals surface area (Å²) in [5.41, 5.74) is 1.55. The van der Waals surface area contributed by atoms with Gasteiger partial charge in [0, 0.05) is 59.3 Å². The summed E-state index contributed by atoms with van der Waals surface area (Å²) < 4.78 is 28.9. The first-order valence-electron chi connectivity index (χ1n) is 15.6. The van der Waals surface area contributed by atoms with Crippen LogP contribution in [0.15, 0.2) is 64.4 Å². The molecule has 2 saturated heterocycles. The van der Waals surface area contributed by atoms with Gasteiger partial charge in [-0.1, -0.05) is 11.9 Å². The van der Waals surface area contributed by atoms with Crippen molar-refractivity contribution >= 4 is 39.0 Å². The topological polar surface area (TPSA) is 93.5 Å². The molecule has 4 heterocycles. The fraction of sp³-hybridized carbons (Fsp3) is 0.412. The molecule has 11 heteroatoms. The highest BCUT2D eigenvalue weighted by Crippen LogP contribution is 2.37. The molecule has 2 aromatic heterocycles. The second-order valence-corrected chi connectivity index (χ2v) is 13.9. The number of rotatable bonds is 10. The summed E-state index contributed by atoms with van der Waals surface area (Å²) in [7, 11) is 3.54. The van der Waals surface area contributed by atoms with Crippen LogP contribution in [0.3, 0.4) is 0 Å². The van der Waals surface area contributed by atoms with Crippen LogP contribution in [0.5, 0.6) is 5.75 Å². The van der Waals surface area contributed by atoms with Crippen LogP contribution in [-0.4, -0.2) is 83.6 Å². The average molecular weight is 633 g/mol. The zero-order chi connectivity index (χ0) is 31.3. The number of hydrogen-bond acceptors (Lipinski definition) is 8. The molecule has 4 aromatic rings. The number of piperidine rings is 1. The molecule has 0 spiro atoms. The lowest BCUT2D eigenvalue weighted by Crippen LogP contribution is -2.34. The third kappa shape index (κ3) is 7.44. The molecule has 2 aliphatic heterocycles. The van der Waals surface area contributed by atoms with E-state index in [1.165, 1.54) is 0 Å². The van der Waals surface area contributed by atoms with E-state index in [-0.39, 0.29) is 33.3 Å². The molecule has 2 fully saturated rings. The van der Waals surface area contributed by atoms with Crippen molar-refractivity contribution in [2.24, 2.45) is 0 Å². The largest absolute Gasteiger partial charge is 0.490 e. The predicted molar refractivity (Wildman–Crippen MR) is 181 cm³/mol. The molecule has 45 heavy (non-hydrogen) atoms. The Bertz CT molecular complexity index is 1720. The van der Waals surface area contributed by atoms with Gasteiger partial charge in [0.2, 0.25) is 5.95 Å². The van der Waals surface area contributed by atoms with E-state index in [0.29, 0.717) is 48.5 Å². The zero-order valence-electron chi connectivity index (χ0n) is 25.9. The van der Waals surface area contributed by atoms with Crippen LogP contribution in [0.1, 0.15) is 25.7 Å². The maximum absolute atomic E-state index is 15.7. The Labute approximate surface area is 265 Å². The summed E-state index contributed by atoms with van der Waals surface area (Å²) in [4.78, 5) is 26.1. The highest BCUT2D eigenvalue weighted by Gasteiger charge is 2.21. The molecular formula is C34H41FN6O3S. The van der Waals surface area contributed by atoms with Crippen molar-refractivity contribution in [1.29, 1.82) is 0 Å². The monoisotopic (exact) mass is 632 g/mol. The first-order chi connectivity index (χ1) is 21.9. The van der Waals surface area contributed by atoms with Gasteiger partial charge in [0.15, 0.2) is 0 Å². The van der Waals surface area contributed by atoms with Gasteiger partial charge in [-0.05, 0) is 95.3 Å². The minimum atomic E-state index is -0.428. The van der Waals surface area contributed by atoms with Gasteiger partial charge in [-0.15, -0.1) is 0 Å². The first kappa shape index (κ1) is 31.3. The van der Waals surface area contributed by atoms with Crippen molar-refractivity contribution in [1.82, 2.24) is 24.8 Å². The summed E-state index contributed by atoms with van der Waals surface area (Å²) >= 11 is 0. The lowest BCUT2D eigenvalue weighted by molar-refractivity contribution is 0.0999. The molecule has 0 saturated carbocycles. The molecule has 6 rings (SSSR count). The van der Waals surface area contributed by atoms with Gasteiger partial charge in [-0.2, -0.15) is 15.5 Å². The highest BCUT2D eigenvalue weighted by molar-refractivity contribution is 8.14. The Morgan fingerprint density at radius 3 is 2.56 bits per heavy atom. The van der Waals surface area contributed by atoms with Gasteiger partial charge >= 0.3 is 0 Å². The predicted octanol–water partition coefficient (Wildman–Crippen LogP) is 5.27. The molecule has 2 aromatic carbocycles. The van der Waals surface area contributed by atoms with Crippen LogP contribution < -0.4 is 20.9 Å².